The zero-order valence-electron chi connectivity index (χ0n) is 24.8. The van der Waals surface area contributed by atoms with Gasteiger partial charge in [0.2, 0.25) is 12.6 Å². The Bertz CT molecular complexity index is 1500. The summed E-state index contributed by atoms with van der Waals surface area (Å²) in [4.78, 5) is 64.0. The normalized spacial score (nSPS) is 24.5. The summed E-state index contributed by atoms with van der Waals surface area (Å²) in [5.41, 5.74) is 4.60. The number of amides is 2. The minimum atomic E-state index is -2.10. The molecule has 1 aromatic carbocycles. The zero-order valence-corrected chi connectivity index (χ0v) is 24.8. The number of hydrogen-bond donors (Lipinski definition) is 3. The van der Waals surface area contributed by atoms with E-state index in [0.717, 1.165) is 6.07 Å². The molecule has 16 heteroatoms. The molecule has 15 nitrogen and oxygen atoms in total. The van der Waals surface area contributed by atoms with Crippen LogP contribution in [-0.4, -0.2) is 59.9 Å². The molecule has 0 bridgehead atoms. The average Bonchev–Trinajstić information content (AvgIpc) is 3.75. The number of hydrogen-bond acceptors (Lipinski definition) is 13. The molecular weight excluding hydrogens is 597 g/mol. The smallest absolute Gasteiger partial charge is 0.466 e. The molecule has 0 radical (unpaired) electrons. The third kappa shape index (κ3) is 7.45. The Hall–Kier alpha value is -4.85. The van der Waals surface area contributed by atoms with Crippen molar-refractivity contribution in [3.8, 4) is 11.8 Å². The maximum Gasteiger partial charge on any atom is 0.513 e. The third-order valence-corrected chi connectivity index (χ3v) is 7.22. The Morgan fingerprint density at radius 3 is 2.64 bits per heavy atom. The Morgan fingerprint density at radius 1 is 1.24 bits per heavy atom. The molecule has 1 aliphatic carbocycles. The molecule has 4 N–H and O–H groups in total. The number of carbonyl (C=O) groups excluding carboxylic acids is 4. The van der Waals surface area contributed by atoms with E-state index in [1.54, 1.807) is 20.8 Å². The van der Waals surface area contributed by atoms with Gasteiger partial charge in [-0.05, 0) is 36.6 Å². The van der Waals surface area contributed by atoms with Gasteiger partial charge in [-0.3, -0.25) is 15.0 Å². The molecule has 1 saturated heterocycles. The first-order valence-corrected chi connectivity index (χ1v) is 14.0. The number of halogens is 1. The highest BCUT2D eigenvalue weighted by atomic mass is 19.1. The maximum atomic E-state index is 15.3. The van der Waals surface area contributed by atoms with Crippen LogP contribution in [0.1, 0.15) is 67.9 Å². The number of anilines is 1. The summed E-state index contributed by atoms with van der Waals surface area (Å²) in [7, 11) is 0. The van der Waals surface area contributed by atoms with Crippen LogP contribution in [0.25, 0.3) is 0 Å². The van der Waals surface area contributed by atoms with Gasteiger partial charge in [-0.15, -0.1) is 4.89 Å². The second-order valence-corrected chi connectivity index (χ2v) is 10.6. The molecule has 1 aromatic heterocycles. The van der Waals surface area contributed by atoms with E-state index in [1.165, 1.54) is 31.3 Å². The fraction of sp³-hybridized carbons (Fsp3) is 0.448. The lowest BCUT2D eigenvalue weighted by molar-refractivity contribution is -0.338. The van der Waals surface area contributed by atoms with E-state index < -0.39 is 66.8 Å². The Kier molecular flexibility index (Phi) is 10.2. The molecule has 0 spiro atoms. The molecule has 2 amide bonds. The number of nitrogens with zero attached hydrogens (tertiary/aromatic N) is 2. The van der Waals surface area contributed by atoms with Crippen LogP contribution in [0.3, 0.4) is 0 Å². The molecule has 1 saturated carbocycles. The molecule has 5 atom stereocenters. The Labute approximate surface area is 257 Å². The Balaban J connectivity index is 1.53. The minimum Gasteiger partial charge on any atom is -0.466 e. The summed E-state index contributed by atoms with van der Waals surface area (Å²) in [6.45, 7) is 5.22. The number of urea groups is 1. The lowest BCUT2D eigenvalue weighted by Gasteiger charge is -2.35. The van der Waals surface area contributed by atoms with Crippen LogP contribution in [0.15, 0.2) is 30.5 Å². The van der Waals surface area contributed by atoms with Gasteiger partial charge in [-0.2, -0.15) is 5.26 Å². The summed E-state index contributed by atoms with van der Waals surface area (Å²) in [5.74, 6) is -3.46. The first-order chi connectivity index (χ1) is 21.4. The first-order valence-electron chi connectivity index (χ1n) is 14.0. The van der Waals surface area contributed by atoms with Crippen LogP contribution in [0.5, 0.6) is 5.75 Å². The van der Waals surface area contributed by atoms with E-state index in [-0.39, 0.29) is 34.9 Å². The van der Waals surface area contributed by atoms with Crippen molar-refractivity contribution in [1.29, 1.82) is 5.26 Å². The van der Waals surface area contributed by atoms with E-state index in [1.807, 2.05) is 6.07 Å². The average molecular weight is 630 g/mol. The number of cyclic esters (lactones) is 2. The van der Waals surface area contributed by atoms with Crippen molar-refractivity contribution in [2.45, 2.75) is 70.6 Å². The lowest BCUT2D eigenvalue weighted by atomic mass is 9.86. The predicted molar refractivity (Wildman–Crippen MR) is 150 cm³/mol. The van der Waals surface area contributed by atoms with Gasteiger partial charge >= 0.3 is 18.2 Å². The maximum absolute atomic E-state index is 15.3. The van der Waals surface area contributed by atoms with Crippen LogP contribution < -0.4 is 21.1 Å². The minimum absolute atomic E-state index is 0.0130. The number of nitrogens with two attached hydrogens (primary N) is 1. The number of rotatable bonds is 10. The fourth-order valence-electron chi connectivity index (χ4n) is 4.50. The van der Waals surface area contributed by atoms with E-state index in [0.29, 0.717) is 12.0 Å². The highest BCUT2D eigenvalue weighted by Crippen LogP contribution is 2.47. The second kappa shape index (κ2) is 13.8. The van der Waals surface area contributed by atoms with Gasteiger partial charge in [0.25, 0.3) is 0 Å². The van der Waals surface area contributed by atoms with E-state index >= 15 is 4.39 Å². The number of ether oxygens (including phenoxy) is 4. The summed E-state index contributed by atoms with van der Waals surface area (Å²) < 4.78 is 36.7. The monoisotopic (exact) mass is 629 g/mol. The van der Waals surface area contributed by atoms with Gasteiger partial charge in [0.15, 0.2) is 18.1 Å². The van der Waals surface area contributed by atoms with Crippen LogP contribution in [0, 0.1) is 23.1 Å². The number of aromatic nitrogens is 1. The molecule has 4 rings (SSSR count). The van der Waals surface area contributed by atoms with Crippen LogP contribution in [-0.2, 0) is 28.8 Å². The van der Waals surface area contributed by atoms with Gasteiger partial charge in [-0.25, -0.2) is 23.8 Å². The number of ketones is 1. The van der Waals surface area contributed by atoms with E-state index in [9.17, 15) is 19.2 Å². The second-order valence-electron chi connectivity index (χ2n) is 10.6. The van der Waals surface area contributed by atoms with Crippen molar-refractivity contribution < 1.29 is 52.3 Å². The number of pyridine rings is 1. The van der Waals surface area contributed by atoms with E-state index in [4.69, 9.17) is 39.7 Å². The van der Waals surface area contributed by atoms with Gasteiger partial charge in [0, 0.05) is 37.1 Å². The largest absolute Gasteiger partial charge is 0.513 e. The SMILES string of the molecule is CCC(=O)c1ccc(F)c([C@@H]2C[C@@H]2NC(=O)Nc2ccc(C#N)cn2)c1OCO[C@H]1OC(=O)O[C@H](C)OOC(=O)[C@]1(N)C(C)C. The third-order valence-electron chi connectivity index (χ3n) is 7.22. The van der Waals surface area contributed by atoms with E-state index in [2.05, 4.69) is 15.6 Å². The topological polar surface area (TPSA) is 210 Å². The quantitative estimate of drug-likeness (QED) is 0.149. The van der Waals surface area contributed by atoms with Crippen LogP contribution in [0.4, 0.5) is 19.8 Å². The molecule has 2 aliphatic rings. The number of nitriles is 1. The number of carbonyl (C=O) groups is 4. The van der Waals surface area contributed by atoms with Gasteiger partial charge in [0.05, 0.1) is 11.1 Å². The molecule has 2 aromatic rings. The van der Waals surface area contributed by atoms with Crippen molar-refractivity contribution in [1.82, 2.24) is 10.3 Å². The van der Waals surface area contributed by atoms with Crippen molar-refractivity contribution in [2.24, 2.45) is 11.7 Å². The predicted octanol–water partition coefficient (Wildman–Crippen LogP) is 3.38. The Morgan fingerprint density at radius 2 is 2.00 bits per heavy atom. The van der Waals surface area contributed by atoms with Crippen molar-refractivity contribution in [2.75, 3.05) is 12.1 Å². The van der Waals surface area contributed by atoms with Crippen molar-refractivity contribution >= 4 is 29.8 Å². The molecular formula is C29H32FN5O10. The summed E-state index contributed by atoms with van der Waals surface area (Å²) in [6, 6.07) is 6.11. The van der Waals surface area contributed by atoms with Gasteiger partial charge < -0.3 is 30.0 Å². The van der Waals surface area contributed by atoms with Crippen molar-refractivity contribution in [3.05, 3.63) is 53.0 Å². The highest BCUT2D eigenvalue weighted by molar-refractivity contribution is 5.99. The molecule has 1 aliphatic heterocycles. The van der Waals surface area contributed by atoms with Gasteiger partial charge in [-0.1, -0.05) is 20.8 Å². The standard InChI is InChI=1S/C29H32FN5O10/c1-5-21(36)17-7-8-19(30)23(18-10-20(18)34-27(38)35-22-9-6-16(11-31)12-33-22)24(17)40-13-41-26-29(32,14(2)3)25(37)45-44-15(4)42-28(39)43-26/h6-9,12,14-15,18,20,26H,5,10,13,32H2,1-4H3,(H2,33,34,35,38)/t15-,18+,20-,26-,29+/m0/s1. The highest BCUT2D eigenvalue weighted by Gasteiger charge is 2.52. The molecule has 0 unspecified atom stereocenters. The lowest BCUT2D eigenvalue weighted by Crippen LogP contribution is -2.63. The number of Topliss-reactive ketones (excluding diaryl/α,β-unsaturated/α-hetero) is 1. The van der Waals surface area contributed by atoms with Gasteiger partial charge in [0.1, 0.15) is 23.5 Å². The first kappa shape index (κ1) is 33.1. The molecule has 2 fully saturated rings. The number of nitrogens with one attached hydrogen (secondary N) is 2. The molecule has 45 heavy (non-hydrogen) atoms. The summed E-state index contributed by atoms with van der Waals surface area (Å²) in [5, 5.41) is 14.2. The molecule has 240 valence electrons. The zero-order chi connectivity index (χ0) is 32.9. The fourth-order valence-corrected chi connectivity index (χ4v) is 4.50. The van der Waals surface area contributed by atoms with Crippen LogP contribution >= 0.6 is 0 Å². The number of benzene rings is 1. The van der Waals surface area contributed by atoms with Crippen molar-refractivity contribution in [3.63, 3.8) is 0 Å². The summed E-state index contributed by atoms with van der Waals surface area (Å²) in [6.07, 6.45) is -2.73. The molecule has 2 heterocycles. The van der Waals surface area contributed by atoms with Crippen LogP contribution in [0.2, 0.25) is 0 Å². The summed E-state index contributed by atoms with van der Waals surface area (Å²) >= 11 is 0.